The fraction of sp³-hybridized carbons (Fsp3) is 0.0769. The molecule has 4 aromatic rings. The molecule has 32 heavy (non-hydrogen) atoms. The van der Waals surface area contributed by atoms with Gasteiger partial charge in [0.05, 0.1) is 0 Å². The van der Waals surface area contributed by atoms with Crippen LogP contribution in [0.5, 0.6) is 11.8 Å². The third-order valence-electron chi connectivity index (χ3n) is 4.71. The molecule has 0 bridgehead atoms. The summed E-state index contributed by atoms with van der Waals surface area (Å²) in [6, 6.07) is 30.4. The molecule has 1 aromatic heterocycles. The molecule has 0 aliphatic heterocycles. The maximum atomic E-state index is 11.0. The fourth-order valence-corrected chi connectivity index (χ4v) is 3.18. The first-order valence-electron chi connectivity index (χ1n) is 10.1. The molecule has 0 radical (unpaired) electrons. The first-order valence-corrected chi connectivity index (χ1v) is 10.1. The predicted octanol–water partition coefficient (Wildman–Crippen LogP) is 6.00. The van der Waals surface area contributed by atoms with Gasteiger partial charge in [-0.05, 0) is 34.9 Å². The second-order valence-electron chi connectivity index (χ2n) is 7.06. The number of pyridine rings is 1. The Labute approximate surface area is 186 Å². The van der Waals surface area contributed by atoms with Gasteiger partial charge in [0.2, 0.25) is 11.8 Å². The van der Waals surface area contributed by atoms with E-state index in [1.165, 1.54) is 0 Å². The van der Waals surface area contributed by atoms with Crippen LogP contribution < -0.4 is 14.8 Å². The number of anilines is 1. The standard InChI is InChI=1S/C26H22N2O4/c29-26(30)27-22-13-7-12-21(16-22)23-14-15-24(31-17-19-8-3-1-4-9-19)28-25(23)32-18-20-10-5-2-6-11-20/h1-16,27H,17-18H2,(H,29,30). The van der Waals surface area contributed by atoms with Gasteiger partial charge in [-0.2, -0.15) is 4.98 Å². The molecule has 1 amide bonds. The molecule has 6 nitrogen and oxygen atoms in total. The van der Waals surface area contributed by atoms with Gasteiger partial charge >= 0.3 is 6.09 Å². The molecule has 0 saturated heterocycles. The van der Waals surface area contributed by atoms with Crippen LogP contribution in [-0.2, 0) is 13.2 Å². The second kappa shape index (κ2) is 10.1. The molecule has 0 aliphatic carbocycles. The van der Waals surface area contributed by atoms with Crippen molar-refractivity contribution < 1.29 is 19.4 Å². The first kappa shape index (κ1) is 20.9. The highest BCUT2D eigenvalue weighted by atomic mass is 16.5. The number of benzene rings is 3. The van der Waals surface area contributed by atoms with Crippen LogP contribution in [0, 0.1) is 0 Å². The summed E-state index contributed by atoms with van der Waals surface area (Å²) >= 11 is 0. The smallest absolute Gasteiger partial charge is 0.409 e. The van der Waals surface area contributed by atoms with Crippen molar-refractivity contribution in [3.63, 3.8) is 0 Å². The minimum atomic E-state index is -1.12. The van der Waals surface area contributed by atoms with Crippen molar-refractivity contribution in [2.24, 2.45) is 0 Å². The summed E-state index contributed by atoms with van der Waals surface area (Å²) < 4.78 is 11.9. The van der Waals surface area contributed by atoms with Crippen LogP contribution >= 0.6 is 0 Å². The van der Waals surface area contributed by atoms with Crippen molar-refractivity contribution >= 4 is 11.8 Å². The number of hydrogen-bond acceptors (Lipinski definition) is 4. The lowest BCUT2D eigenvalue weighted by Gasteiger charge is -2.14. The molecule has 4 rings (SSSR count). The monoisotopic (exact) mass is 426 g/mol. The van der Waals surface area contributed by atoms with Gasteiger partial charge in [-0.15, -0.1) is 0 Å². The van der Waals surface area contributed by atoms with Crippen LogP contribution in [0.15, 0.2) is 97.1 Å². The van der Waals surface area contributed by atoms with Gasteiger partial charge in [0.25, 0.3) is 0 Å². The molecular formula is C26H22N2O4. The van der Waals surface area contributed by atoms with Crippen molar-refractivity contribution in [3.8, 4) is 22.9 Å². The van der Waals surface area contributed by atoms with E-state index in [2.05, 4.69) is 10.3 Å². The maximum Gasteiger partial charge on any atom is 0.409 e. The third-order valence-corrected chi connectivity index (χ3v) is 4.71. The lowest BCUT2D eigenvalue weighted by atomic mass is 10.1. The first-order chi connectivity index (χ1) is 15.7. The Morgan fingerprint density at radius 3 is 2.09 bits per heavy atom. The summed E-state index contributed by atoms with van der Waals surface area (Å²) in [5, 5.41) is 11.4. The molecule has 1 heterocycles. The third kappa shape index (κ3) is 5.64. The molecule has 0 fully saturated rings. The minimum absolute atomic E-state index is 0.343. The Bertz CT molecular complexity index is 1180. The molecule has 0 spiro atoms. The number of aromatic nitrogens is 1. The van der Waals surface area contributed by atoms with E-state index in [1.54, 1.807) is 24.3 Å². The molecule has 3 aromatic carbocycles. The van der Waals surface area contributed by atoms with Crippen LogP contribution in [0.25, 0.3) is 11.1 Å². The number of carboxylic acid groups (broad SMARTS) is 1. The Morgan fingerprint density at radius 1 is 0.781 bits per heavy atom. The number of ether oxygens (including phenoxy) is 2. The summed E-state index contributed by atoms with van der Waals surface area (Å²) in [6.07, 6.45) is -1.12. The molecule has 0 saturated carbocycles. The van der Waals surface area contributed by atoms with E-state index in [1.807, 2.05) is 72.8 Å². The summed E-state index contributed by atoms with van der Waals surface area (Å²) in [4.78, 5) is 15.6. The van der Waals surface area contributed by atoms with E-state index in [0.717, 1.165) is 22.3 Å². The van der Waals surface area contributed by atoms with Gasteiger partial charge in [-0.3, -0.25) is 5.32 Å². The van der Waals surface area contributed by atoms with Crippen LogP contribution in [0.2, 0.25) is 0 Å². The lowest BCUT2D eigenvalue weighted by molar-refractivity contribution is 0.210. The average molecular weight is 426 g/mol. The number of nitrogens with zero attached hydrogens (tertiary/aromatic N) is 1. The Hall–Kier alpha value is -4.32. The van der Waals surface area contributed by atoms with E-state index < -0.39 is 6.09 Å². The lowest BCUT2D eigenvalue weighted by Crippen LogP contribution is -2.07. The van der Waals surface area contributed by atoms with Crippen molar-refractivity contribution in [1.29, 1.82) is 0 Å². The SMILES string of the molecule is O=C(O)Nc1cccc(-c2ccc(OCc3ccccc3)nc2OCc2ccccc2)c1. The zero-order valence-corrected chi connectivity index (χ0v) is 17.3. The zero-order valence-electron chi connectivity index (χ0n) is 17.3. The van der Waals surface area contributed by atoms with Crippen molar-refractivity contribution in [1.82, 2.24) is 4.98 Å². The van der Waals surface area contributed by atoms with E-state index in [4.69, 9.17) is 14.6 Å². The van der Waals surface area contributed by atoms with Gasteiger partial charge in [0, 0.05) is 17.3 Å². The van der Waals surface area contributed by atoms with Crippen molar-refractivity contribution in [2.75, 3.05) is 5.32 Å². The number of amides is 1. The second-order valence-corrected chi connectivity index (χ2v) is 7.06. The van der Waals surface area contributed by atoms with Crippen molar-refractivity contribution in [2.45, 2.75) is 13.2 Å². The van der Waals surface area contributed by atoms with E-state index >= 15 is 0 Å². The summed E-state index contributed by atoms with van der Waals surface area (Å²) in [5.74, 6) is 0.854. The molecule has 0 atom stereocenters. The maximum absolute atomic E-state index is 11.0. The van der Waals surface area contributed by atoms with Crippen molar-refractivity contribution in [3.05, 3.63) is 108 Å². The van der Waals surface area contributed by atoms with Crippen LogP contribution in [-0.4, -0.2) is 16.2 Å². The number of nitrogens with one attached hydrogen (secondary N) is 1. The van der Waals surface area contributed by atoms with Crippen LogP contribution in [0.1, 0.15) is 11.1 Å². The quantitative estimate of drug-likeness (QED) is 0.361. The molecular weight excluding hydrogens is 404 g/mol. The van der Waals surface area contributed by atoms with E-state index in [0.29, 0.717) is 30.7 Å². The molecule has 6 heteroatoms. The number of rotatable bonds is 8. The molecule has 160 valence electrons. The summed E-state index contributed by atoms with van der Waals surface area (Å²) in [5.41, 5.74) is 4.03. The molecule has 0 aliphatic rings. The van der Waals surface area contributed by atoms with Gasteiger partial charge in [-0.1, -0.05) is 72.8 Å². The highest BCUT2D eigenvalue weighted by molar-refractivity contribution is 5.84. The predicted molar refractivity (Wildman–Crippen MR) is 123 cm³/mol. The molecule has 0 unspecified atom stereocenters. The van der Waals surface area contributed by atoms with Gasteiger partial charge in [0.15, 0.2) is 0 Å². The van der Waals surface area contributed by atoms with Gasteiger partial charge in [-0.25, -0.2) is 4.79 Å². The van der Waals surface area contributed by atoms with E-state index in [-0.39, 0.29) is 0 Å². The van der Waals surface area contributed by atoms with Gasteiger partial charge < -0.3 is 14.6 Å². The molecule has 2 N–H and O–H groups in total. The fourth-order valence-electron chi connectivity index (χ4n) is 3.18. The number of carbonyl (C=O) groups is 1. The average Bonchev–Trinajstić information content (AvgIpc) is 2.82. The minimum Gasteiger partial charge on any atom is -0.473 e. The number of hydrogen-bond donors (Lipinski definition) is 2. The highest BCUT2D eigenvalue weighted by Gasteiger charge is 2.12. The van der Waals surface area contributed by atoms with E-state index in [9.17, 15) is 4.79 Å². The topological polar surface area (TPSA) is 80.7 Å². The van der Waals surface area contributed by atoms with Crippen LogP contribution in [0.4, 0.5) is 10.5 Å². The normalized spacial score (nSPS) is 10.4. The Morgan fingerprint density at radius 2 is 1.44 bits per heavy atom. The summed E-state index contributed by atoms with van der Waals surface area (Å²) in [7, 11) is 0. The van der Waals surface area contributed by atoms with Crippen LogP contribution in [0.3, 0.4) is 0 Å². The Kier molecular flexibility index (Phi) is 6.63. The van der Waals surface area contributed by atoms with Gasteiger partial charge in [0.1, 0.15) is 13.2 Å². The Balaban J connectivity index is 1.61. The zero-order chi connectivity index (χ0) is 22.2. The highest BCUT2D eigenvalue weighted by Crippen LogP contribution is 2.32. The summed E-state index contributed by atoms with van der Waals surface area (Å²) in [6.45, 7) is 0.735. The largest absolute Gasteiger partial charge is 0.473 e.